The minimum absolute atomic E-state index is 0.0162. The average Bonchev–Trinajstić information content (AvgIpc) is 3.40. The van der Waals surface area contributed by atoms with Gasteiger partial charge in [-0.2, -0.15) is 0 Å². The number of hydrogen-bond donors (Lipinski definition) is 1. The Morgan fingerprint density at radius 3 is 1.80 bits per heavy atom. The maximum atomic E-state index is 9.79. The van der Waals surface area contributed by atoms with Crippen molar-refractivity contribution in [3.05, 3.63) is 198 Å². The van der Waals surface area contributed by atoms with E-state index in [0.717, 1.165) is 22.6 Å². The van der Waals surface area contributed by atoms with Crippen LogP contribution in [0.4, 0.5) is 17.1 Å². The van der Waals surface area contributed by atoms with E-state index in [1.165, 1.54) is 44.2 Å². The van der Waals surface area contributed by atoms with Gasteiger partial charge in [-0.3, -0.25) is 0 Å². The molecule has 0 aromatic heterocycles. The monoisotopic (exact) mass is 565 g/mol. The van der Waals surface area contributed by atoms with E-state index in [2.05, 4.69) is 163 Å². The standard InChI is InChI=1S/C42H31NO/c44-29-30-22-24-34(25-23-30)43(41-21-11-13-31-12-7-8-18-36(31)41)35-26-27-38-37-19-9-10-20-39(37)42(40(38)28-35,32-14-3-1-4-15-32)33-16-5-2-6-17-33/h1-28,44H,29H2. The van der Waals surface area contributed by atoms with Gasteiger partial charge in [-0.1, -0.05) is 140 Å². The number of benzene rings is 7. The summed E-state index contributed by atoms with van der Waals surface area (Å²) in [6.07, 6.45) is 0. The zero-order valence-corrected chi connectivity index (χ0v) is 24.3. The fourth-order valence-electron chi connectivity index (χ4n) is 7.15. The molecule has 0 unspecified atom stereocenters. The summed E-state index contributed by atoms with van der Waals surface area (Å²) >= 11 is 0. The Bertz CT molecular complexity index is 2050. The molecule has 1 aliphatic carbocycles. The van der Waals surface area contributed by atoms with Crippen LogP contribution in [-0.4, -0.2) is 5.11 Å². The molecule has 0 atom stereocenters. The molecule has 8 rings (SSSR count). The zero-order chi connectivity index (χ0) is 29.5. The highest BCUT2D eigenvalue weighted by Crippen LogP contribution is 2.57. The largest absolute Gasteiger partial charge is 0.392 e. The molecular weight excluding hydrogens is 534 g/mol. The van der Waals surface area contributed by atoms with Crippen LogP contribution in [0, 0.1) is 0 Å². The van der Waals surface area contributed by atoms with Crippen LogP contribution in [0.3, 0.4) is 0 Å². The van der Waals surface area contributed by atoms with Gasteiger partial charge in [0.25, 0.3) is 0 Å². The second-order valence-electron chi connectivity index (χ2n) is 11.4. The van der Waals surface area contributed by atoms with Gasteiger partial charge in [0.15, 0.2) is 0 Å². The number of hydrogen-bond acceptors (Lipinski definition) is 2. The van der Waals surface area contributed by atoms with Crippen molar-refractivity contribution in [2.75, 3.05) is 4.90 Å². The van der Waals surface area contributed by atoms with Crippen LogP contribution in [-0.2, 0) is 12.0 Å². The van der Waals surface area contributed by atoms with Crippen LogP contribution in [0.1, 0.15) is 27.8 Å². The van der Waals surface area contributed by atoms with Crippen LogP contribution in [0.25, 0.3) is 21.9 Å². The second-order valence-corrected chi connectivity index (χ2v) is 11.4. The number of aliphatic hydroxyl groups excluding tert-OH is 1. The van der Waals surface area contributed by atoms with E-state index < -0.39 is 5.41 Å². The Labute approximate surface area is 258 Å². The van der Waals surface area contributed by atoms with E-state index in [1.807, 2.05) is 12.1 Å². The van der Waals surface area contributed by atoms with Gasteiger partial charge >= 0.3 is 0 Å². The molecule has 1 N–H and O–H groups in total. The molecule has 0 bridgehead atoms. The molecule has 2 heteroatoms. The lowest BCUT2D eigenvalue weighted by molar-refractivity contribution is 0.282. The topological polar surface area (TPSA) is 23.5 Å². The lowest BCUT2D eigenvalue weighted by Gasteiger charge is -2.35. The summed E-state index contributed by atoms with van der Waals surface area (Å²) in [6, 6.07) is 61.0. The van der Waals surface area contributed by atoms with Crippen LogP contribution >= 0.6 is 0 Å². The predicted molar refractivity (Wildman–Crippen MR) is 182 cm³/mol. The summed E-state index contributed by atoms with van der Waals surface area (Å²) in [6.45, 7) is 0.0162. The molecule has 0 heterocycles. The van der Waals surface area contributed by atoms with Crippen molar-refractivity contribution in [2.45, 2.75) is 12.0 Å². The van der Waals surface area contributed by atoms with Crippen molar-refractivity contribution in [1.82, 2.24) is 0 Å². The van der Waals surface area contributed by atoms with Crippen LogP contribution < -0.4 is 4.90 Å². The molecule has 0 saturated heterocycles. The maximum absolute atomic E-state index is 9.79. The van der Waals surface area contributed by atoms with Crippen LogP contribution in [0.2, 0.25) is 0 Å². The summed E-state index contributed by atoms with van der Waals surface area (Å²) < 4.78 is 0. The fraction of sp³-hybridized carbons (Fsp3) is 0.0476. The van der Waals surface area contributed by atoms with Gasteiger partial charge in [-0.05, 0) is 74.7 Å². The van der Waals surface area contributed by atoms with Crippen molar-refractivity contribution in [2.24, 2.45) is 0 Å². The van der Waals surface area contributed by atoms with Crippen molar-refractivity contribution < 1.29 is 5.11 Å². The first-order chi connectivity index (χ1) is 21.8. The van der Waals surface area contributed by atoms with E-state index in [4.69, 9.17) is 0 Å². The SMILES string of the molecule is OCc1ccc(N(c2ccc3c(c2)C(c2ccccc2)(c2ccccc2)c2ccccc2-3)c2cccc3ccccc23)cc1. The van der Waals surface area contributed by atoms with Crippen LogP contribution in [0.5, 0.6) is 0 Å². The molecular formula is C42H31NO. The van der Waals surface area contributed by atoms with Gasteiger partial charge in [0.2, 0.25) is 0 Å². The summed E-state index contributed by atoms with van der Waals surface area (Å²) in [5, 5.41) is 12.2. The van der Waals surface area contributed by atoms with Gasteiger partial charge in [-0.15, -0.1) is 0 Å². The molecule has 0 amide bonds. The normalized spacial score (nSPS) is 12.9. The molecule has 0 spiro atoms. The Morgan fingerprint density at radius 1 is 0.477 bits per heavy atom. The minimum Gasteiger partial charge on any atom is -0.392 e. The van der Waals surface area contributed by atoms with Crippen molar-refractivity contribution in [1.29, 1.82) is 0 Å². The Morgan fingerprint density at radius 2 is 1.07 bits per heavy atom. The van der Waals surface area contributed by atoms with E-state index in [9.17, 15) is 5.11 Å². The number of fused-ring (bicyclic) bond motifs is 4. The Balaban J connectivity index is 1.44. The average molecular weight is 566 g/mol. The third-order valence-electron chi connectivity index (χ3n) is 9.08. The molecule has 1 aliphatic rings. The smallest absolute Gasteiger partial charge is 0.0714 e. The summed E-state index contributed by atoms with van der Waals surface area (Å²) in [4.78, 5) is 2.35. The van der Waals surface area contributed by atoms with E-state index >= 15 is 0 Å². The molecule has 2 nitrogen and oxygen atoms in total. The summed E-state index contributed by atoms with van der Waals surface area (Å²) in [5.41, 5.74) is 11.2. The lowest BCUT2D eigenvalue weighted by atomic mass is 9.67. The predicted octanol–water partition coefficient (Wildman–Crippen LogP) is 10.2. The van der Waals surface area contributed by atoms with Gasteiger partial charge in [-0.25, -0.2) is 0 Å². The van der Waals surface area contributed by atoms with Gasteiger partial charge in [0, 0.05) is 16.8 Å². The van der Waals surface area contributed by atoms with E-state index in [0.29, 0.717) is 0 Å². The number of nitrogens with zero attached hydrogens (tertiary/aromatic N) is 1. The van der Waals surface area contributed by atoms with Crippen molar-refractivity contribution in [3.8, 4) is 11.1 Å². The summed E-state index contributed by atoms with van der Waals surface area (Å²) in [5.74, 6) is 0. The van der Waals surface area contributed by atoms with Crippen molar-refractivity contribution in [3.63, 3.8) is 0 Å². The first-order valence-corrected chi connectivity index (χ1v) is 15.1. The first-order valence-electron chi connectivity index (χ1n) is 15.1. The second kappa shape index (κ2) is 10.7. The molecule has 210 valence electrons. The quantitative estimate of drug-likeness (QED) is 0.217. The number of rotatable bonds is 6. The molecule has 7 aromatic rings. The van der Waals surface area contributed by atoms with E-state index in [-0.39, 0.29) is 6.61 Å². The lowest BCUT2D eigenvalue weighted by Crippen LogP contribution is -2.28. The molecule has 7 aromatic carbocycles. The molecule has 0 saturated carbocycles. The summed E-state index contributed by atoms with van der Waals surface area (Å²) in [7, 11) is 0. The number of aliphatic hydroxyl groups is 1. The van der Waals surface area contributed by atoms with Gasteiger partial charge < -0.3 is 10.0 Å². The van der Waals surface area contributed by atoms with Crippen molar-refractivity contribution >= 4 is 27.8 Å². The molecule has 0 fully saturated rings. The third-order valence-corrected chi connectivity index (χ3v) is 9.08. The van der Waals surface area contributed by atoms with Gasteiger partial charge in [0.05, 0.1) is 17.7 Å². The Hall–Kier alpha value is -5.44. The highest BCUT2D eigenvalue weighted by molar-refractivity contribution is 5.99. The molecule has 0 radical (unpaired) electrons. The highest BCUT2D eigenvalue weighted by Gasteiger charge is 2.46. The first kappa shape index (κ1) is 26.2. The molecule has 44 heavy (non-hydrogen) atoms. The number of anilines is 3. The van der Waals surface area contributed by atoms with Gasteiger partial charge in [0.1, 0.15) is 0 Å². The highest BCUT2D eigenvalue weighted by atomic mass is 16.3. The third kappa shape index (κ3) is 4.00. The maximum Gasteiger partial charge on any atom is 0.0714 e. The zero-order valence-electron chi connectivity index (χ0n) is 24.3. The fourth-order valence-corrected chi connectivity index (χ4v) is 7.15. The Kier molecular flexibility index (Phi) is 6.36. The minimum atomic E-state index is -0.477. The van der Waals surface area contributed by atoms with Crippen LogP contribution in [0.15, 0.2) is 170 Å². The molecule has 0 aliphatic heterocycles. The van der Waals surface area contributed by atoms with E-state index in [1.54, 1.807) is 0 Å².